The largest absolute Gasteiger partial charge is 0.381 e. The maximum Gasteiger partial charge on any atom is 0.0498 e. The standard InChI is InChI=1S/C13H17Br2N/c1-2-9-3-5-11(7-9)16-13-8-10(14)4-6-12(13)15/h4,6,8-9,11,16H,2-3,5,7H2,1H3. The van der Waals surface area contributed by atoms with Crippen molar-refractivity contribution in [3.8, 4) is 0 Å². The van der Waals surface area contributed by atoms with E-state index in [0.29, 0.717) is 6.04 Å². The van der Waals surface area contributed by atoms with Crippen LogP contribution in [0.3, 0.4) is 0 Å². The second kappa shape index (κ2) is 5.54. The molecule has 0 amide bonds. The topological polar surface area (TPSA) is 12.0 Å². The Kier molecular flexibility index (Phi) is 4.31. The summed E-state index contributed by atoms with van der Waals surface area (Å²) in [5, 5.41) is 3.64. The normalized spacial score (nSPS) is 24.7. The SMILES string of the molecule is CCC1CCC(Nc2cc(Br)ccc2Br)C1. The molecule has 16 heavy (non-hydrogen) atoms. The van der Waals surface area contributed by atoms with Crippen molar-refractivity contribution < 1.29 is 0 Å². The van der Waals surface area contributed by atoms with E-state index in [1.807, 2.05) is 0 Å². The van der Waals surface area contributed by atoms with Gasteiger partial charge in [0, 0.05) is 20.7 Å². The average molecular weight is 347 g/mol. The van der Waals surface area contributed by atoms with Gasteiger partial charge in [0.2, 0.25) is 0 Å². The Morgan fingerprint density at radius 3 is 2.81 bits per heavy atom. The summed E-state index contributed by atoms with van der Waals surface area (Å²) in [6.45, 7) is 2.29. The van der Waals surface area contributed by atoms with Crippen LogP contribution in [-0.4, -0.2) is 6.04 Å². The molecule has 3 heteroatoms. The highest BCUT2D eigenvalue weighted by molar-refractivity contribution is 9.11. The Morgan fingerprint density at radius 1 is 1.31 bits per heavy atom. The van der Waals surface area contributed by atoms with Gasteiger partial charge in [-0.25, -0.2) is 0 Å². The fourth-order valence-electron chi connectivity index (χ4n) is 2.40. The van der Waals surface area contributed by atoms with Gasteiger partial charge in [-0.3, -0.25) is 0 Å². The van der Waals surface area contributed by atoms with E-state index in [-0.39, 0.29) is 0 Å². The second-order valence-corrected chi connectivity index (χ2v) is 6.32. The molecule has 1 aromatic carbocycles. The quantitative estimate of drug-likeness (QED) is 0.792. The van der Waals surface area contributed by atoms with Crippen molar-refractivity contribution in [2.45, 2.75) is 38.6 Å². The molecule has 0 aliphatic heterocycles. The minimum atomic E-state index is 0.649. The van der Waals surface area contributed by atoms with Crippen LogP contribution in [0.15, 0.2) is 27.1 Å². The summed E-state index contributed by atoms with van der Waals surface area (Å²) in [5.74, 6) is 0.920. The molecule has 0 bridgehead atoms. The number of nitrogens with one attached hydrogen (secondary N) is 1. The summed E-state index contributed by atoms with van der Waals surface area (Å²) >= 11 is 7.10. The molecule has 1 N–H and O–H groups in total. The predicted octanol–water partition coefficient (Wildman–Crippen LogP) is 5.20. The predicted molar refractivity (Wildman–Crippen MR) is 76.9 cm³/mol. The van der Waals surface area contributed by atoms with Crippen LogP contribution in [0.2, 0.25) is 0 Å². The Labute approximate surface area is 114 Å². The third kappa shape index (κ3) is 3.01. The minimum absolute atomic E-state index is 0.649. The lowest BCUT2D eigenvalue weighted by atomic mass is 10.1. The van der Waals surface area contributed by atoms with Gasteiger partial charge in [-0.05, 0) is 59.3 Å². The second-order valence-electron chi connectivity index (χ2n) is 4.55. The molecule has 0 spiro atoms. The van der Waals surface area contributed by atoms with Gasteiger partial charge in [0.1, 0.15) is 0 Å². The zero-order valence-electron chi connectivity index (χ0n) is 9.47. The van der Waals surface area contributed by atoms with Gasteiger partial charge in [-0.15, -0.1) is 0 Å². The lowest BCUT2D eigenvalue weighted by Gasteiger charge is -2.16. The molecule has 1 nitrogen and oxygen atoms in total. The van der Waals surface area contributed by atoms with Crippen LogP contribution in [0, 0.1) is 5.92 Å². The summed E-state index contributed by atoms with van der Waals surface area (Å²) in [6.07, 6.45) is 5.31. The van der Waals surface area contributed by atoms with E-state index in [2.05, 4.69) is 62.3 Å². The molecular weight excluding hydrogens is 330 g/mol. The zero-order chi connectivity index (χ0) is 11.5. The fraction of sp³-hybridized carbons (Fsp3) is 0.538. The lowest BCUT2D eigenvalue weighted by molar-refractivity contribution is 0.525. The number of rotatable bonds is 3. The average Bonchev–Trinajstić information content (AvgIpc) is 2.71. The van der Waals surface area contributed by atoms with Crippen molar-refractivity contribution in [3.63, 3.8) is 0 Å². The van der Waals surface area contributed by atoms with Gasteiger partial charge in [-0.1, -0.05) is 29.3 Å². The zero-order valence-corrected chi connectivity index (χ0v) is 12.6. The molecule has 1 aliphatic carbocycles. The molecule has 88 valence electrons. The smallest absolute Gasteiger partial charge is 0.0498 e. The van der Waals surface area contributed by atoms with Crippen LogP contribution in [0.5, 0.6) is 0 Å². The number of halogens is 2. The van der Waals surface area contributed by atoms with E-state index in [1.54, 1.807) is 0 Å². The van der Waals surface area contributed by atoms with E-state index in [9.17, 15) is 0 Å². The molecule has 1 aromatic rings. The first-order chi connectivity index (χ1) is 7.69. The minimum Gasteiger partial charge on any atom is -0.381 e. The number of hydrogen-bond acceptors (Lipinski definition) is 1. The Bertz CT molecular complexity index is 365. The molecule has 0 aromatic heterocycles. The first kappa shape index (κ1) is 12.4. The van der Waals surface area contributed by atoms with Crippen LogP contribution in [0.4, 0.5) is 5.69 Å². The highest BCUT2D eigenvalue weighted by Crippen LogP contribution is 2.33. The Hall–Kier alpha value is -0.0200. The molecule has 2 atom stereocenters. The number of hydrogen-bond donors (Lipinski definition) is 1. The molecule has 2 rings (SSSR count). The van der Waals surface area contributed by atoms with Gasteiger partial charge in [0.25, 0.3) is 0 Å². The summed E-state index contributed by atoms with van der Waals surface area (Å²) in [5.41, 5.74) is 1.20. The van der Waals surface area contributed by atoms with Gasteiger partial charge in [0.15, 0.2) is 0 Å². The van der Waals surface area contributed by atoms with E-state index < -0.39 is 0 Å². The van der Waals surface area contributed by atoms with E-state index in [0.717, 1.165) is 14.9 Å². The van der Waals surface area contributed by atoms with Crippen LogP contribution in [-0.2, 0) is 0 Å². The van der Waals surface area contributed by atoms with Gasteiger partial charge >= 0.3 is 0 Å². The molecule has 1 saturated carbocycles. The molecule has 1 fully saturated rings. The molecular formula is C13H17Br2N. The Morgan fingerprint density at radius 2 is 2.12 bits per heavy atom. The summed E-state index contributed by atoms with van der Waals surface area (Å²) < 4.78 is 2.28. The number of benzene rings is 1. The molecule has 0 radical (unpaired) electrons. The van der Waals surface area contributed by atoms with Crippen LogP contribution >= 0.6 is 31.9 Å². The lowest BCUT2D eigenvalue weighted by Crippen LogP contribution is -2.15. The van der Waals surface area contributed by atoms with Crippen LogP contribution < -0.4 is 5.32 Å². The monoisotopic (exact) mass is 345 g/mol. The van der Waals surface area contributed by atoms with Crippen molar-refractivity contribution in [3.05, 3.63) is 27.1 Å². The maximum absolute atomic E-state index is 3.64. The van der Waals surface area contributed by atoms with Gasteiger partial charge in [-0.2, -0.15) is 0 Å². The summed E-state index contributed by atoms with van der Waals surface area (Å²) in [7, 11) is 0. The fourth-order valence-corrected chi connectivity index (χ4v) is 3.13. The van der Waals surface area contributed by atoms with Crippen molar-refractivity contribution in [2.75, 3.05) is 5.32 Å². The highest BCUT2D eigenvalue weighted by atomic mass is 79.9. The van der Waals surface area contributed by atoms with Gasteiger partial charge in [0.05, 0.1) is 0 Å². The third-order valence-corrected chi connectivity index (χ3v) is 4.59. The summed E-state index contributed by atoms with van der Waals surface area (Å²) in [6, 6.07) is 6.93. The van der Waals surface area contributed by atoms with Crippen molar-refractivity contribution >= 4 is 37.5 Å². The van der Waals surface area contributed by atoms with Crippen molar-refractivity contribution in [1.82, 2.24) is 0 Å². The van der Waals surface area contributed by atoms with E-state index >= 15 is 0 Å². The molecule has 0 heterocycles. The van der Waals surface area contributed by atoms with Gasteiger partial charge < -0.3 is 5.32 Å². The first-order valence-corrected chi connectivity index (χ1v) is 7.49. The molecule has 0 saturated heterocycles. The summed E-state index contributed by atoms with van der Waals surface area (Å²) in [4.78, 5) is 0. The highest BCUT2D eigenvalue weighted by Gasteiger charge is 2.23. The molecule has 1 aliphatic rings. The van der Waals surface area contributed by atoms with Crippen molar-refractivity contribution in [1.29, 1.82) is 0 Å². The first-order valence-electron chi connectivity index (χ1n) is 5.90. The van der Waals surface area contributed by atoms with Crippen LogP contribution in [0.1, 0.15) is 32.6 Å². The maximum atomic E-state index is 3.64. The Balaban J connectivity index is 2.01. The van der Waals surface area contributed by atoms with Crippen LogP contribution in [0.25, 0.3) is 0 Å². The van der Waals surface area contributed by atoms with Crippen molar-refractivity contribution in [2.24, 2.45) is 5.92 Å². The van der Waals surface area contributed by atoms with E-state index in [4.69, 9.17) is 0 Å². The number of anilines is 1. The third-order valence-electron chi connectivity index (χ3n) is 3.41. The molecule has 2 unspecified atom stereocenters. The van der Waals surface area contributed by atoms with E-state index in [1.165, 1.54) is 31.4 Å².